The average Bonchev–Trinajstić information content (AvgIpc) is 3.20. The van der Waals surface area contributed by atoms with Crippen LogP contribution in [-0.2, 0) is 14.2 Å². The number of fused-ring (bicyclic) bond motifs is 2. The number of aromatic nitrogens is 4. The Bertz CT molecular complexity index is 763. The maximum absolute atomic E-state index is 6.27. The van der Waals surface area contributed by atoms with Crippen LogP contribution in [0.2, 0.25) is 0 Å². The Morgan fingerprint density at radius 1 is 1.24 bits per heavy atom. The third-order valence-corrected chi connectivity index (χ3v) is 4.56. The molecule has 4 rings (SSSR count). The summed E-state index contributed by atoms with van der Waals surface area (Å²) in [7, 11) is 0. The van der Waals surface area contributed by atoms with Gasteiger partial charge >= 0.3 is 0 Å². The summed E-state index contributed by atoms with van der Waals surface area (Å²) in [6.07, 6.45) is 3.29. The van der Waals surface area contributed by atoms with Crippen molar-refractivity contribution < 1.29 is 14.2 Å². The van der Waals surface area contributed by atoms with Gasteiger partial charge in [-0.1, -0.05) is 6.92 Å². The van der Waals surface area contributed by atoms with E-state index in [4.69, 9.17) is 19.9 Å². The van der Waals surface area contributed by atoms with Crippen molar-refractivity contribution in [2.75, 3.05) is 18.8 Å². The number of nitrogens with two attached hydrogens (primary N) is 1. The SMILES string of the molecule is CCCNC[C@H]1O[C@@H](n2cnc3c(N)ncnc32)C2OC(C)(C)O[C@@H]21. The molecule has 0 bridgehead atoms. The molecule has 2 aliphatic heterocycles. The maximum atomic E-state index is 6.27. The van der Waals surface area contributed by atoms with Crippen LogP contribution in [0.1, 0.15) is 33.4 Å². The third kappa shape index (κ3) is 2.86. The molecule has 0 radical (unpaired) electrons. The van der Waals surface area contributed by atoms with Crippen molar-refractivity contribution >= 4 is 17.0 Å². The van der Waals surface area contributed by atoms with Gasteiger partial charge in [-0.15, -0.1) is 0 Å². The molecular weight excluding hydrogens is 324 g/mol. The van der Waals surface area contributed by atoms with E-state index in [2.05, 4.69) is 27.2 Å². The number of hydrogen-bond acceptors (Lipinski definition) is 8. The predicted molar refractivity (Wildman–Crippen MR) is 90.6 cm³/mol. The van der Waals surface area contributed by atoms with Gasteiger partial charge < -0.3 is 25.3 Å². The summed E-state index contributed by atoms with van der Waals surface area (Å²) in [4.78, 5) is 12.6. The number of ether oxygens (including phenoxy) is 3. The van der Waals surface area contributed by atoms with Gasteiger partial charge in [-0.3, -0.25) is 4.57 Å². The highest BCUT2D eigenvalue weighted by atomic mass is 16.8. The molecule has 2 aliphatic rings. The van der Waals surface area contributed by atoms with E-state index in [1.165, 1.54) is 6.33 Å². The summed E-state index contributed by atoms with van der Waals surface area (Å²) in [5.41, 5.74) is 7.09. The van der Waals surface area contributed by atoms with Gasteiger partial charge in [-0.25, -0.2) is 15.0 Å². The lowest BCUT2D eigenvalue weighted by Crippen LogP contribution is -2.37. The molecule has 3 N–H and O–H groups in total. The molecule has 0 aromatic carbocycles. The number of rotatable bonds is 5. The Morgan fingerprint density at radius 2 is 2.04 bits per heavy atom. The van der Waals surface area contributed by atoms with Gasteiger partial charge in [0.2, 0.25) is 0 Å². The standard InChI is InChI=1S/C16H24N6O3/c1-4-5-18-6-9-11-12(25-16(2,3)24-11)15(23-9)22-8-21-10-13(17)19-7-20-14(10)22/h7-9,11-12,15,18H,4-6H2,1-3H3,(H2,17,19,20)/t9-,11-,12?,15-/m1/s1. The summed E-state index contributed by atoms with van der Waals surface area (Å²) >= 11 is 0. The van der Waals surface area contributed by atoms with E-state index < -0.39 is 5.79 Å². The summed E-state index contributed by atoms with van der Waals surface area (Å²) < 4.78 is 20.4. The van der Waals surface area contributed by atoms with Crippen LogP contribution in [0.15, 0.2) is 12.7 Å². The molecule has 9 nitrogen and oxygen atoms in total. The van der Waals surface area contributed by atoms with E-state index >= 15 is 0 Å². The fraction of sp³-hybridized carbons (Fsp3) is 0.688. The lowest BCUT2D eigenvalue weighted by molar-refractivity contribution is -0.195. The fourth-order valence-electron chi connectivity index (χ4n) is 3.52. The number of nitrogens with zero attached hydrogens (tertiary/aromatic N) is 4. The zero-order chi connectivity index (χ0) is 17.6. The van der Waals surface area contributed by atoms with Gasteiger partial charge in [0.05, 0.1) is 6.33 Å². The minimum Gasteiger partial charge on any atom is -0.382 e. The zero-order valence-electron chi connectivity index (χ0n) is 14.7. The molecule has 9 heteroatoms. The van der Waals surface area contributed by atoms with Crippen LogP contribution in [0, 0.1) is 0 Å². The van der Waals surface area contributed by atoms with Crippen molar-refractivity contribution in [3.05, 3.63) is 12.7 Å². The lowest BCUT2D eigenvalue weighted by Gasteiger charge is -2.25. The zero-order valence-corrected chi connectivity index (χ0v) is 14.7. The fourth-order valence-corrected chi connectivity index (χ4v) is 3.52. The average molecular weight is 348 g/mol. The van der Waals surface area contributed by atoms with Crippen LogP contribution in [0.5, 0.6) is 0 Å². The second-order valence-corrected chi connectivity index (χ2v) is 6.92. The Kier molecular flexibility index (Phi) is 4.11. The van der Waals surface area contributed by atoms with Crippen molar-refractivity contribution in [2.45, 2.75) is 57.5 Å². The quantitative estimate of drug-likeness (QED) is 0.765. The van der Waals surface area contributed by atoms with E-state index in [-0.39, 0.29) is 24.5 Å². The van der Waals surface area contributed by atoms with Gasteiger partial charge in [-0.05, 0) is 26.8 Å². The van der Waals surface area contributed by atoms with E-state index in [0.717, 1.165) is 13.0 Å². The van der Waals surface area contributed by atoms with Gasteiger partial charge in [0.25, 0.3) is 0 Å². The van der Waals surface area contributed by atoms with Crippen molar-refractivity contribution in [2.24, 2.45) is 0 Å². The van der Waals surface area contributed by atoms with E-state index in [0.29, 0.717) is 23.5 Å². The number of hydrogen-bond donors (Lipinski definition) is 2. The van der Waals surface area contributed by atoms with Crippen LogP contribution in [0.3, 0.4) is 0 Å². The molecule has 25 heavy (non-hydrogen) atoms. The van der Waals surface area contributed by atoms with Crippen LogP contribution in [-0.4, -0.2) is 56.7 Å². The smallest absolute Gasteiger partial charge is 0.167 e. The molecular formula is C16H24N6O3. The van der Waals surface area contributed by atoms with Crippen LogP contribution in [0.25, 0.3) is 11.2 Å². The van der Waals surface area contributed by atoms with Crippen molar-refractivity contribution in [1.29, 1.82) is 0 Å². The molecule has 4 heterocycles. The number of nitrogens with one attached hydrogen (secondary N) is 1. The van der Waals surface area contributed by atoms with E-state index in [9.17, 15) is 0 Å². The molecule has 2 fully saturated rings. The Morgan fingerprint density at radius 3 is 2.84 bits per heavy atom. The molecule has 2 saturated heterocycles. The van der Waals surface area contributed by atoms with E-state index in [1.807, 2.05) is 18.4 Å². The summed E-state index contributed by atoms with van der Waals surface area (Å²) in [6, 6.07) is 0. The maximum Gasteiger partial charge on any atom is 0.167 e. The minimum absolute atomic E-state index is 0.111. The molecule has 0 aliphatic carbocycles. The molecule has 1 unspecified atom stereocenters. The molecule has 0 spiro atoms. The summed E-state index contributed by atoms with van der Waals surface area (Å²) in [5, 5.41) is 3.40. The van der Waals surface area contributed by atoms with Crippen molar-refractivity contribution in [3.8, 4) is 0 Å². The van der Waals surface area contributed by atoms with Gasteiger partial charge in [0.15, 0.2) is 23.5 Å². The van der Waals surface area contributed by atoms with Crippen molar-refractivity contribution in [3.63, 3.8) is 0 Å². The topological polar surface area (TPSA) is 109 Å². The Balaban J connectivity index is 1.65. The Hall–Kier alpha value is -1.81. The number of anilines is 1. The highest BCUT2D eigenvalue weighted by Gasteiger charge is 2.55. The first-order valence-electron chi connectivity index (χ1n) is 8.65. The molecule has 0 saturated carbocycles. The van der Waals surface area contributed by atoms with E-state index in [1.54, 1.807) is 6.33 Å². The first kappa shape index (κ1) is 16.6. The normalized spacial score (nSPS) is 30.8. The molecule has 4 atom stereocenters. The Labute approximate surface area is 145 Å². The second-order valence-electron chi connectivity index (χ2n) is 6.92. The second kappa shape index (κ2) is 6.17. The summed E-state index contributed by atoms with van der Waals surface area (Å²) in [6.45, 7) is 7.61. The van der Waals surface area contributed by atoms with Crippen molar-refractivity contribution in [1.82, 2.24) is 24.8 Å². The number of imidazole rings is 1. The molecule has 2 aromatic rings. The summed E-state index contributed by atoms with van der Waals surface area (Å²) in [5.74, 6) is -0.298. The van der Waals surface area contributed by atoms with Crippen LogP contribution >= 0.6 is 0 Å². The monoisotopic (exact) mass is 348 g/mol. The van der Waals surface area contributed by atoms with Gasteiger partial charge in [-0.2, -0.15) is 0 Å². The highest BCUT2D eigenvalue weighted by molar-refractivity contribution is 5.81. The first-order valence-corrected chi connectivity index (χ1v) is 8.65. The molecule has 0 amide bonds. The molecule has 2 aromatic heterocycles. The lowest BCUT2D eigenvalue weighted by atomic mass is 10.1. The highest BCUT2D eigenvalue weighted by Crippen LogP contribution is 2.43. The van der Waals surface area contributed by atoms with Crippen LogP contribution < -0.4 is 11.1 Å². The van der Waals surface area contributed by atoms with Gasteiger partial charge in [0, 0.05) is 6.54 Å². The molecule has 136 valence electrons. The number of nitrogen functional groups attached to an aromatic ring is 1. The first-order chi connectivity index (χ1) is 12.0. The predicted octanol–water partition coefficient (Wildman–Crippen LogP) is 0.826. The largest absolute Gasteiger partial charge is 0.382 e. The third-order valence-electron chi connectivity index (χ3n) is 4.56. The van der Waals surface area contributed by atoms with Gasteiger partial charge in [0.1, 0.15) is 30.2 Å². The minimum atomic E-state index is -0.648. The van der Waals surface area contributed by atoms with Crippen LogP contribution in [0.4, 0.5) is 5.82 Å².